The molecule has 0 aliphatic heterocycles. The lowest BCUT2D eigenvalue weighted by molar-refractivity contribution is -0.114. The van der Waals surface area contributed by atoms with Crippen molar-refractivity contribution in [3.63, 3.8) is 0 Å². The summed E-state index contributed by atoms with van der Waals surface area (Å²) in [6, 6.07) is 20.1. The Morgan fingerprint density at radius 1 is 0.943 bits per heavy atom. The molecule has 0 unspecified atom stereocenters. The van der Waals surface area contributed by atoms with Gasteiger partial charge in [0.05, 0.1) is 21.8 Å². The van der Waals surface area contributed by atoms with Crippen LogP contribution in [0.4, 0.5) is 11.4 Å². The van der Waals surface area contributed by atoms with E-state index in [1.165, 1.54) is 23.9 Å². The predicted octanol–water partition coefficient (Wildman–Crippen LogP) is 4.69. The van der Waals surface area contributed by atoms with Gasteiger partial charge < -0.3 is 10.6 Å². The van der Waals surface area contributed by atoms with Crippen molar-refractivity contribution in [2.75, 3.05) is 29.0 Å². The zero-order chi connectivity index (χ0) is 25.4. The number of nitrogens with zero attached hydrogens (tertiary/aromatic N) is 1. The van der Waals surface area contributed by atoms with Crippen molar-refractivity contribution in [3.8, 4) is 0 Å². The molecule has 0 radical (unpaired) electrons. The van der Waals surface area contributed by atoms with Gasteiger partial charge in [-0.25, -0.2) is 8.42 Å². The van der Waals surface area contributed by atoms with Crippen molar-refractivity contribution in [2.45, 2.75) is 30.1 Å². The fourth-order valence-corrected chi connectivity index (χ4v) is 5.17. The highest BCUT2D eigenvalue weighted by Gasteiger charge is 2.27. The van der Waals surface area contributed by atoms with Crippen LogP contribution < -0.4 is 14.9 Å². The zero-order valence-corrected chi connectivity index (χ0v) is 21.6. The molecule has 3 aromatic rings. The Morgan fingerprint density at radius 2 is 1.60 bits per heavy atom. The van der Waals surface area contributed by atoms with Crippen LogP contribution in [0.15, 0.2) is 82.6 Å². The smallest absolute Gasteiger partial charge is 0.264 e. The molecule has 2 N–H and O–H groups in total. The number of anilines is 2. The Kier molecular flexibility index (Phi) is 8.95. The molecule has 0 aliphatic rings. The zero-order valence-electron chi connectivity index (χ0n) is 19.9. The maximum atomic E-state index is 13.6. The fraction of sp³-hybridized carbons (Fsp3) is 0.231. The largest absolute Gasteiger partial charge is 0.352 e. The maximum absolute atomic E-state index is 13.6. The molecule has 0 aliphatic carbocycles. The number of carbonyl (C=O) groups is 2. The van der Waals surface area contributed by atoms with Gasteiger partial charge in [-0.3, -0.25) is 13.9 Å². The van der Waals surface area contributed by atoms with E-state index in [0.29, 0.717) is 23.5 Å². The van der Waals surface area contributed by atoms with Crippen molar-refractivity contribution in [1.29, 1.82) is 0 Å². The van der Waals surface area contributed by atoms with E-state index >= 15 is 0 Å². The first-order valence-corrected chi connectivity index (χ1v) is 13.8. The van der Waals surface area contributed by atoms with Crippen LogP contribution >= 0.6 is 11.8 Å². The van der Waals surface area contributed by atoms with Gasteiger partial charge in [0, 0.05) is 11.4 Å². The Balaban J connectivity index is 1.91. The second kappa shape index (κ2) is 11.9. The van der Waals surface area contributed by atoms with Crippen molar-refractivity contribution >= 4 is 45.0 Å². The molecule has 35 heavy (non-hydrogen) atoms. The number of hydrogen-bond acceptors (Lipinski definition) is 5. The monoisotopic (exact) mass is 511 g/mol. The normalized spacial score (nSPS) is 11.1. The molecular weight excluding hydrogens is 482 g/mol. The highest BCUT2D eigenvalue weighted by molar-refractivity contribution is 7.98. The number of aryl methyl sites for hydroxylation is 1. The second-order valence-corrected chi connectivity index (χ2v) is 10.6. The average molecular weight is 512 g/mol. The fourth-order valence-electron chi connectivity index (χ4n) is 3.35. The molecule has 3 aromatic carbocycles. The summed E-state index contributed by atoms with van der Waals surface area (Å²) in [5.41, 5.74) is 1.96. The lowest BCUT2D eigenvalue weighted by Gasteiger charge is -2.24. The third-order valence-electron chi connectivity index (χ3n) is 5.24. The van der Waals surface area contributed by atoms with E-state index in [-0.39, 0.29) is 10.8 Å². The van der Waals surface area contributed by atoms with Crippen LogP contribution in [0.1, 0.15) is 29.3 Å². The van der Waals surface area contributed by atoms with Crippen molar-refractivity contribution < 1.29 is 18.0 Å². The van der Waals surface area contributed by atoms with Crippen molar-refractivity contribution in [3.05, 3.63) is 83.9 Å². The standard InChI is InChI=1S/C26H29N3O4S2/c1-4-17-27-26(31)23-7-5-6-8-24(23)28-25(30)18-29(20-11-9-19(2)10-12-20)35(32,33)22-15-13-21(34-3)14-16-22/h5-16H,4,17-18H2,1-3H3,(H,27,31)(H,28,30). The minimum atomic E-state index is -4.03. The quantitative estimate of drug-likeness (QED) is 0.385. The van der Waals surface area contributed by atoms with Crippen LogP contribution in [0.25, 0.3) is 0 Å². The summed E-state index contributed by atoms with van der Waals surface area (Å²) < 4.78 is 28.2. The Hall–Kier alpha value is -3.30. The van der Waals surface area contributed by atoms with Gasteiger partial charge in [0.15, 0.2) is 0 Å². The summed E-state index contributed by atoms with van der Waals surface area (Å²) in [7, 11) is -4.03. The number of thioether (sulfide) groups is 1. The van der Waals surface area contributed by atoms with Gasteiger partial charge in [0.25, 0.3) is 15.9 Å². The van der Waals surface area contributed by atoms with E-state index in [1.807, 2.05) is 20.1 Å². The first-order chi connectivity index (χ1) is 16.8. The highest BCUT2D eigenvalue weighted by atomic mass is 32.2. The molecule has 0 atom stereocenters. The van der Waals surface area contributed by atoms with Gasteiger partial charge in [-0.1, -0.05) is 36.8 Å². The summed E-state index contributed by atoms with van der Waals surface area (Å²) in [6.45, 7) is 3.90. The molecule has 3 rings (SSSR count). The minimum Gasteiger partial charge on any atom is -0.352 e. The number of para-hydroxylation sites is 1. The molecule has 0 spiro atoms. The Morgan fingerprint density at radius 3 is 2.23 bits per heavy atom. The van der Waals surface area contributed by atoms with E-state index in [2.05, 4.69) is 10.6 Å². The number of nitrogens with one attached hydrogen (secondary N) is 2. The molecule has 0 heterocycles. The minimum absolute atomic E-state index is 0.0861. The van der Waals surface area contributed by atoms with E-state index in [4.69, 9.17) is 0 Å². The molecule has 2 amide bonds. The van der Waals surface area contributed by atoms with Gasteiger partial charge in [-0.05, 0) is 68.1 Å². The average Bonchev–Trinajstić information content (AvgIpc) is 2.86. The van der Waals surface area contributed by atoms with Gasteiger partial charge in [0.2, 0.25) is 5.91 Å². The number of rotatable bonds is 10. The second-order valence-electron chi connectivity index (χ2n) is 7.87. The molecule has 7 nitrogen and oxygen atoms in total. The number of carbonyl (C=O) groups excluding carboxylic acids is 2. The molecular formula is C26H29N3O4S2. The molecule has 0 saturated carbocycles. The third-order valence-corrected chi connectivity index (χ3v) is 7.77. The molecule has 0 saturated heterocycles. The van der Waals surface area contributed by atoms with E-state index < -0.39 is 22.5 Å². The van der Waals surface area contributed by atoms with Gasteiger partial charge in [-0.2, -0.15) is 0 Å². The summed E-state index contributed by atoms with van der Waals surface area (Å²) in [4.78, 5) is 26.6. The summed E-state index contributed by atoms with van der Waals surface area (Å²) in [5.74, 6) is -0.870. The molecule has 0 fully saturated rings. The maximum Gasteiger partial charge on any atom is 0.264 e. The number of amides is 2. The number of benzene rings is 3. The predicted molar refractivity (Wildman–Crippen MR) is 142 cm³/mol. The van der Waals surface area contributed by atoms with E-state index in [1.54, 1.807) is 60.7 Å². The van der Waals surface area contributed by atoms with Gasteiger partial charge in [0.1, 0.15) is 6.54 Å². The lowest BCUT2D eigenvalue weighted by atomic mass is 10.1. The first kappa shape index (κ1) is 26.3. The molecule has 9 heteroatoms. The number of sulfonamides is 1. The topological polar surface area (TPSA) is 95.6 Å². The molecule has 0 bridgehead atoms. The van der Waals surface area contributed by atoms with Crippen LogP contribution in [0.3, 0.4) is 0 Å². The van der Waals surface area contributed by atoms with E-state index in [0.717, 1.165) is 21.2 Å². The summed E-state index contributed by atoms with van der Waals surface area (Å²) in [6.07, 6.45) is 2.69. The first-order valence-electron chi connectivity index (χ1n) is 11.2. The molecule has 184 valence electrons. The SMILES string of the molecule is CCCNC(=O)c1ccccc1NC(=O)CN(c1ccc(C)cc1)S(=O)(=O)c1ccc(SC)cc1. The van der Waals surface area contributed by atoms with Crippen molar-refractivity contribution in [2.24, 2.45) is 0 Å². The van der Waals surface area contributed by atoms with E-state index in [9.17, 15) is 18.0 Å². The van der Waals surface area contributed by atoms with Crippen LogP contribution in [0, 0.1) is 6.92 Å². The Bertz CT molecular complexity index is 1270. The van der Waals surface area contributed by atoms with Crippen LogP contribution in [0.2, 0.25) is 0 Å². The van der Waals surface area contributed by atoms with Crippen molar-refractivity contribution in [1.82, 2.24) is 5.32 Å². The van der Waals surface area contributed by atoms with Gasteiger partial charge >= 0.3 is 0 Å². The lowest BCUT2D eigenvalue weighted by Crippen LogP contribution is -2.38. The summed E-state index contributed by atoms with van der Waals surface area (Å²) in [5, 5.41) is 5.50. The van der Waals surface area contributed by atoms with Crippen LogP contribution in [-0.4, -0.2) is 39.6 Å². The van der Waals surface area contributed by atoms with Crippen LogP contribution in [-0.2, 0) is 14.8 Å². The Labute approximate surface area is 211 Å². The highest BCUT2D eigenvalue weighted by Crippen LogP contribution is 2.26. The number of hydrogen-bond donors (Lipinski definition) is 2. The van der Waals surface area contributed by atoms with Crippen LogP contribution in [0.5, 0.6) is 0 Å². The van der Waals surface area contributed by atoms with Gasteiger partial charge in [-0.15, -0.1) is 11.8 Å². The summed E-state index contributed by atoms with van der Waals surface area (Å²) >= 11 is 1.51. The third kappa shape index (κ3) is 6.64. The molecule has 0 aromatic heterocycles.